The van der Waals surface area contributed by atoms with Crippen LogP contribution in [-0.2, 0) is 12.8 Å². The maximum atomic E-state index is 12.6. The minimum absolute atomic E-state index is 0.121. The molecule has 2 aliphatic rings. The first-order valence-electron chi connectivity index (χ1n) is 10.5. The van der Waals surface area contributed by atoms with E-state index in [1.165, 1.54) is 11.3 Å². The van der Waals surface area contributed by atoms with E-state index < -0.39 is 13.7 Å². The summed E-state index contributed by atoms with van der Waals surface area (Å²) in [6, 6.07) is 5.02. The Morgan fingerprint density at radius 3 is 2.68 bits per heavy atom. The summed E-state index contributed by atoms with van der Waals surface area (Å²) in [6.07, 6.45) is 5.16. The maximum absolute atomic E-state index is 12.6. The minimum Gasteiger partial charge on any atom is -0.422 e. The van der Waals surface area contributed by atoms with Crippen molar-refractivity contribution in [3.05, 3.63) is 39.2 Å². The highest BCUT2D eigenvalue weighted by atomic mass is 28.3. The van der Waals surface area contributed by atoms with Gasteiger partial charge in [-0.1, -0.05) is 25.7 Å². The van der Waals surface area contributed by atoms with E-state index in [0.717, 1.165) is 62.2 Å². The molecule has 0 bridgehead atoms. The molecule has 0 unspecified atom stereocenters. The van der Waals surface area contributed by atoms with Gasteiger partial charge in [-0.2, -0.15) is 0 Å². The van der Waals surface area contributed by atoms with Crippen LogP contribution < -0.4 is 15.8 Å². The molecule has 1 aromatic carbocycles. The van der Waals surface area contributed by atoms with Crippen molar-refractivity contribution in [1.82, 2.24) is 5.32 Å². The summed E-state index contributed by atoms with van der Waals surface area (Å²) in [6.45, 7) is 9.72. The van der Waals surface area contributed by atoms with E-state index in [1.807, 2.05) is 0 Å². The van der Waals surface area contributed by atoms with E-state index in [2.05, 4.69) is 35.9 Å². The largest absolute Gasteiger partial charge is 0.422 e. The van der Waals surface area contributed by atoms with Gasteiger partial charge < -0.3 is 14.6 Å². The standard InChI is InChI=1S/C22H30N2O3Si/c1-28(2,3)12-6-9-23-21(25)18-14-16-13-15-7-4-10-24-11-5-8-17(19(15)24)20(16)27-22(18)26/h13-14H,4-12H2,1-3H3,(H,23,25). The molecule has 1 aromatic heterocycles. The molecule has 1 N–H and O–H groups in total. The lowest BCUT2D eigenvalue weighted by Crippen LogP contribution is -2.34. The molecule has 0 atom stereocenters. The van der Waals surface area contributed by atoms with E-state index in [9.17, 15) is 9.59 Å². The lowest BCUT2D eigenvalue weighted by atomic mass is 9.90. The zero-order chi connectivity index (χ0) is 19.9. The predicted molar refractivity (Wildman–Crippen MR) is 116 cm³/mol. The number of carbonyl (C=O) groups excluding carboxylic acids is 1. The van der Waals surface area contributed by atoms with Crippen molar-refractivity contribution in [2.24, 2.45) is 0 Å². The fraction of sp³-hybridized carbons (Fsp3) is 0.545. The molecule has 0 saturated carbocycles. The Bertz CT molecular complexity index is 972. The quantitative estimate of drug-likeness (QED) is 0.471. The zero-order valence-electron chi connectivity index (χ0n) is 17.2. The number of carbonyl (C=O) groups is 1. The second-order valence-corrected chi connectivity index (χ2v) is 15.0. The van der Waals surface area contributed by atoms with Crippen LogP contribution in [0, 0.1) is 0 Å². The first-order valence-corrected chi connectivity index (χ1v) is 14.2. The summed E-state index contributed by atoms with van der Waals surface area (Å²) in [5.74, 6) is -0.320. The number of rotatable bonds is 5. The first kappa shape index (κ1) is 19.2. The zero-order valence-corrected chi connectivity index (χ0v) is 18.2. The van der Waals surface area contributed by atoms with E-state index >= 15 is 0 Å². The summed E-state index contributed by atoms with van der Waals surface area (Å²) in [5.41, 5.74) is 4.01. The number of hydrogen-bond acceptors (Lipinski definition) is 4. The molecule has 0 radical (unpaired) electrons. The van der Waals surface area contributed by atoms with Gasteiger partial charge in [0.1, 0.15) is 11.1 Å². The van der Waals surface area contributed by atoms with Crippen LogP contribution in [0.5, 0.6) is 0 Å². The molecule has 6 heteroatoms. The molecule has 5 nitrogen and oxygen atoms in total. The summed E-state index contributed by atoms with van der Waals surface area (Å²) in [7, 11) is -1.12. The van der Waals surface area contributed by atoms with E-state index in [-0.39, 0.29) is 11.5 Å². The van der Waals surface area contributed by atoms with Crippen LogP contribution >= 0.6 is 0 Å². The van der Waals surface area contributed by atoms with E-state index in [4.69, 9.17) is 4.42 Å². The summed E-state index contributed by atoms with van der Waals surface area (Å²) in [5, 5.41) is 3.78. The van der Waals surface area contributed by atoms with Gasteiger partial charge in [-0.15, -0.1) is 0 Å². The van der Waals surface area contributed by atoms with Gasteiger partial charge in [0.05, 0.1) is 0 Å². The van der Waals surface area contributed by atoms with Crippen molar-refractivity contribution in [1.29, 1.82) is 0 Å². The third kappa shape index (κ3) is 3.74. The Hall–Kier alpha value is -2.08. The van der Waals surface area contributed by atoms with Crippen LogP contribution in [0.25, 0.3) is 11.0 Å². The van der Waals surface area contributed by atoms with Crippen molar-refractivity contribution in [3.8, 4) is 0 Å². The molecule has 3 heterocycles. The van der Waals surface area contributed by atoms with Crippen LogP contribution in [0.1, 0.15) is 40.7 Å². The maximum Gasteiger partial charge on any atom is 0.349 e. The molecule has 0 spiro atoms. The molecule has 0 saturated heterocycles. The lowest BCUT2D eigenvalue weighted by molar-refractivity contribution is 0.0950. The van der Waals surface area contributed by atoms with Gasteiger partial charge in [-0.25, -0.2) is 4.79 Å². The fourth-order valence-electron chi connectivity index (χ4n) is 4.52. The monoisotopic (exact) mass is 398 g/mol. The lowest BCUT2D eigenvalue weighted by Gasteiger charge is -2.37. The topological polar surface area (TPSA) is 62.6 Å². The number of anilines is 1. The summed E-state index contributed by atoms with van der Waals surface area (Å²) >= 11 is 0. The third-order valence-electron chi connectivity index (χ3n) is 5.85. The van der Waals surface area contributed by atoms with Crippen LogP contribution in [0.15, 0.2) is 21.3 Å². The number of amides is 1. The number of aryl methyl sites for hydroxylation is 2. The van der Waals surface area contributed by atoms with Gasteiger partial charge in [-0.05, 0) is 49.8 Å². The molecule has 2 aromatic rings. The van der Waals surface area contributed by atoms with Crippen molar-refractivity contribution in [2.45, 2.75) is 57.8 Å². The van der Waals surface area contributed by atoms with Gasteiger partial charge in [0.15, 0.2) is 0 Å². The molecular weight excluding hydrogens is 368 g/mol. The van der Waals surface area contributed by atoms with Crippen LogP contribution in [0.2, 0.25) is 25.7 Å². The Labute approximate surface area is 167 Å². The molecule has 0 aliphatic carbocycles. The highest BCUT2D eigenvalue weighted by molar-refractivity contribution is 6.76. The number of nitrogens with one attached hydrogen (secondary N) is 1. The Kier molecular flexibility index (Phi) is 5.08. The van der Waals surface area contributed by atoms with Gasteiger partial charge in [0.2, 0.25) is 0 Å². The molecule has 150 valence electrons. The SMILES string of the molecule is C[Si](C)(C)CCCNC(=O)c1cc2cc3c4c(c2oc1=O)CCCN4CCC3. The Balaban J connectivity index is 1.63. The molecule has 28 heavy (non-hydrogen) atoms. The number of benzene rings is 1. The Morgan fingerprint density at radius 2 is 1.93 bits per heavy atom. The second kappa shape index (κ2) is 7.39. The molecule has 4 rings (SSSR count). The average molecular weight is 399 g/mol. The normalized spacial score (nSPS) is 16.2. The molecule has 2 aliphatic heterocycles. The van der Waals surface area contributed by atoms with E-state index in [0.29, 0.717) is 12.1 Å². The molecular formula is C22H30N2O3Si. The van der Waals surface area contributed by atoms with Crippen LogP contribution in [-0.4, -0.2) is 33.6 Å². The van der Waals surface area contributed by atoms with Crippen molar-refractivity contribution in [3.63, 3.8) is 0 Å². The third-order valence-corrected chi connectivity index (χ3v) is 7.70. The Morgan fingerprint density at radius 1 is 1.18 bits per heavy atom. The predicted octanol–water partition coefficient (Wildman–Crippen LogP) is 3.95. The molecule has 1 amide bonds. The van der Waals surface area contributed by atoms with E-state index in [1.54, 1.807) is 6.07 Å². The highest BCUT2D eigenvalue weighted by Crippen LogP contribution is 2.39. The highest BCUT2D eigenvalue weighted by Gasteiger charge is 2.27. The number of hydrogen-bond donors (Lipinski definition) is 1. The minimum atomic E-state index is -1.12. The van der Waals surface area contributed by atoms with Gasteiger partial charge in [0, 0.05) is 44.3 Å². The van der Waals surface area contributed by atoms with Crippen LogP contribution in [0.3, 0.4) is 0 Å². The van der Waals surface area contributed by atoms with Gasteiger partial charge in [0.25, 0.3) is 5.91 Å². The molecule has 0 fully saturated rings. The van der Waals surface area contributed by atoms with Crippen molar-refractivity contribution >= 4 is 30.6 Å². The summed E-state index contributed by atoms with van der Waals surface area (Å²) < 4.78 is 5.71. The number of fused-ring (bicyclic) bond motifs is 2. The smallest absolute Gasteiger partial charge is 0.349 e. The van der Waals surface area contributed by atoms with Crippen molar-refractivity contribution in [2.75, 3.05) is 24.5 Å². The fourth-order valence-corrected chi connectivity index (χ4v) is 5.76. The van der Waals surface area contributed by atoms with Crippen molar-refractivity contribution < 1.29 is 9.21 Å². The first-order chi connectivity index (χ1) is 13.3. The van der Waals surface area contributed by atoms with Gasteiger partial charge >= 0.3 is 5.63 Å². The van der Waals surface area contributed by atoms with Crippen LogP contribution in [0.4, 0.5) is 5.69 Å². The number of nitrogens with zero attached hydrogens (tertiary/aromatic N) is 1. The average Bonchev–Trinajstić information content (AvgIpc) is 2.65. The van der Waals surface area contributed by atoms with Gasteiger partial charge in [-0.3, -0.25) is 4.79 Å². The summed E-state index contributed by atoms with van der Waals surface area (Å²) in [4.78, 5) is 27.6. The second-order valence-electron chi connectivity index (χ2n) is 9.34.